The lowest BCUT2D eigenvalue weighted by Crippen LogP contribution is -2.35. The maximum atomic E-state index is 13.3. The van der Waals surface area contributed by atoms with Gasteiger partial charge < -0.3 is 10.1 Å². The smallest absolute Gasteiger partial charge is 0.254 e. The van der Waals surface area contributed by atoms with Crippen LogP contribution in [0.3, 0.4) is 0 Å². The normalized spacial score (nSPS) is 28.9. The molecule has 154 valence electrons. The predicted molar refractivity (Wildman–Crippen MR) is 111 cm³/mol. The van der Waals surface area contributed by atoms with E-state index in [2.05, 4.69) is 5.32 Å². The van der Waals surface area contributed by atoms with Gasteiger partial charge in [0.15, 0.2) is 0 Å². The van der Waals surface area contributed by atoms with E-state index in [-0.39, 0.29) is 41.8 Å². The number of anilines is 1. The highest BCUT2D eigenvalue weighted by molar-refractivity contribution is 7.17. The molecular formula is C23H22N2O4S. The van der Waals surface area contributed by atoms with Gasteiger partial charge in [-0.2, -0.15) is 0 Å². The average Bonchev–Trinajstić information content (AvgIpc) is 3.54. The fourth-order valence-corrected chi connectivity index (χ4v) is 6.96. The van der Waals surface area contributed by atoms with Gasteiger partial charge in [-0.25, -0.2) is 4.90 Å². The van der Waals surface area contributed by atoms with Gasteiger partial charge in [-0.1, -0.05) is 30.3 Å². The van der Waals surface area contributed by atoms with E-state index in [0.29, 0.717) is 17.1 Å². The average molecular weight is 423 g/mol. The quantitative estimate of drug-likeness (QED) is 0.769. The number of amides is 3. The number of carbonyl (C=O) groups excluding carboxylic acids is 3. The van der Waals surface area contributed by atoms with Crippen LogP contribution < -0.4 is 10.2 Å². The zero-order chi connectivity index (χ0) is 20.4. The molecule has 1 aromatic carbocycles. The molecule has 4 aliphatic rings. The Morgan fingerprint density at radius 2 is 1.77 bits per heavy atom. The van der Waals surface area contributed by atoms with Crippen molar-refractivity contribution in [1.82, 2.24) is 5.32 Å². The number of nitrogens with one attached hydrogen (secondary N) is 1. The summed E-state index contributed by atoms with van der Waals surface area (Å²) in [5, 5.41) is 3.52. The van der Waals surface area contributed by atoms with Crippen molar-refractivity contribution in [3.63, 3.8) is 0 Å². The van der Waals surface area contributed by atoms with E-state index in [4.69, 9.17) is 4.74 Å². The third kappa shape index (κ3) is 2.55. The summed E-state index contributed by atoms with van der Waals surface area (Å²) in [5.41, 5.74) is 2.55. The van der Waals surface area contributed by atoms with Crippen molar-refractivity contribution < 1.29 is 19.1 Å². The Labute approximate surface area is 178 Å². The Hall–Kier alpha value is -2.51. The number of aryl methyl sites for hydroxylation is 1. The molecule has 2 bridgehead atoms. The van der Waals surface area contributed by atoms with Crippen molar-refractivity contribution in [3.05, 3.63) is 51.9 Å². The van der Waals surface area contributed by atoms with Crippen LogP contribution in [0.4, 0.5) is 5.00 Å². The largest absolute Gasteiger partial charge is 0.373 e. The number of ether oxygens (including phenoxy) is 1. The number of thiophene rings is 1. The lowest BCUT2D eigenvalue weighted by atomic mass is 9.81. The van der Waals surface area contributed by atoms with E-state index >= 15 is 0 Å². The van der Waals surface area contributed by atoms with E-state index in [1.54, 1.807) is 0 Å². The first-order valence-electron chi connectivity index (χ1n) is 10.6. The summed E-state index contributed by atoms with van der Waals surface area (Å²) in [4.78, 5) is 42.2. The highest BCUT2D eigenvalue weighted by Gasteiger charge is 2.63. The molecule has 7 heteroatoms. The van der Waals surface area contributed by atoms with Crippen LogP contribution in [-0.4, -0.2) is 29.9 Å². The van der Waals surface area contributed by atoms with E-state index < -0.39 is 0 Å². The summed E-state index contributed by atoms with van der Waals surface area (Å²) < 4.78 is 5.85. The predicted octanol–water partition coefficient (Wildman–Crippen LogP) is 2.83. The minimum absolute atomic E-state index is 0.149. The van der Waals surface area contributed by atoms with E-state index in [9.17, 15) is 14.4 Å². The van der Waals surface area contributed by atoms with Crippen LogP contribution in [0.2, 0.25) is 0 Å². The summed E-state index contributed by atoms with van der Waals surface area (Å²) in [6.07, 6.45) is 4.10. The Balaban J connectivity index is 1.34. The van der Waals surface area contributed by atoms with Crippen molar-refractivity contribution in [1.29, 1.82) is 0 Å². The number of nitrogens with zero attached hydrogens (tertiary/aromatic N) is 1. The summed E-state index contributed by atoms with van der Waals surface area (Å²) in [6.45, 7) is 0.412. The van der Waals surface area contributed by atoms with Crippen LogP contribution >= 0.6 is 11.3 Å². The second-order valence-electron chi connectivity index (χ2n) is 8.56. The molecule has 0 radical (unpaired) electrons. The molecule has 1 aromatic heterocycles. The van der Waals surface area contributed by atoms with Gasteiger partial charge in [-0.3, -0.25) is 14.4 Å². The molecule has 0 unspecified atom stereocenters. The van der Waals surface area contributed by atoms with Gasteiger partial charge in [-0.15, -0.1) is 11.3 Å². The number of rotatable bonds is 4. The van der Waals surface area contributed by atoms with Crippen molar-refractivity contribution in [2.24, 2.45) is 11.8 Å². The van der Waals surface area contributed by atoms with E-state index in [1.165, 1.54) is 16.2 Å². The maximum absolute atomic E-state index is 13.3. The molecule has 4 atom stereocenters. The van der Waals surface area contributed by atoms with Gasteiger partial charge in [-0.05, 0) is 43.2 Å². The van der Waals surface area contributed by atoms with Crippen molar-refractivity contribution in [2.75, 3.05) is 4.90 Å². The standard InChI is InChI=1S/C23H22N2O4S/c26-20(24-11-12-5-2-1-3-6-12)17-13-7-4-8-16(13)30-23(17)25-21(27)18-14-9-10-15(29-14)19(18)22(25)28/h1-3,5-6,14-15,18-19H,4,7-11H2,(H,24,26)/t14-,15-,18-,19-/m1/s1. The molecule has 1 aliphatic carbocycles. The topological polar surface area (TPSA) is 75.7 Å². The molecular weight excluding hydrogens is 400 g/mol. The Morgan fingerprint density at radius 1 is 1.07 bits per heavy atom. The molecule has 3 fully saturated rings. The van der Waals surface area contributed by atoms with Gasteiger partial charge >= 0.3 is 0 Å². The third-order valence-corrected chi connectivity index (χ3v) is 8.19. The Bertz CT molecular complexity index is 1030. The van der Waals surface area contributed by atoms with E-state index in [1.807, 2.05) is 30.3 Å². The highest BCUT2D eigenvalue weighted by Crippen LogP contribution is 2.51. The molecule has 2 aromatic rings. The number of benzene rings is 1. The van der Waals surface area contributed by atoms with Crippen LogP contribution in [0.15, 0.2) is 30.3 Å². The number of hydrogen-bond acceptors (Lipinski definition) is 5. The van der Waals surface area contributed by atoms with Crippen LogP contribution in [0.25, 0.3) is 0 Å². The third-order valence-electron chi connectivity index (χ3n) is 6.91. The van der Waals surface area contributed by atoms with E-state index in [0.717, 1.165) is 48.1 Å². The first-order valence-corrected chi connectivity index (χ1v) is 11.4. The van der Waals surface area contributed by atoms with Crippen molar-refractivity contribution >= 4 is 34.1 Å². The first kappa shape index (κ1) is 18.3. The van der Waals surface area contributed by atoms with Gasteiger partial charge in [0.1, 0.15) is 5.00 Å². The number of fused-ring (bicyclic) bond motifs is 6. The van der Waals surface area contributed by atoms with Crippen LogP contribution in [-0.2, 0) is 33.7 Å². The first-order chi connectivity index (χ1) is 14.6. The molecule has 0 spiro atoms. The Morgan fingerprint density at radius 3 is 2.47 bits per heavy atom. The molecule has 4 heterocycles. The number of carbonyl (C=O) groups is 3. The highest BCUT2D eigenvalue weighted by atomic mass is 32.1. The molecule has 3 amide bonds. The van der Waals surface area contributed by atoms with Crippen LogP contribution in [0, 0.1) is 11.8 Å². The van der Waals surface area contributed by atoms with Gasteiger partial charge in [0.05, 0.1) is 29.6 Å². The molecule has 3 aliphatic heterocycles. The van der Waals surface area contributed by atoms with Crippen molar-refractivity contribution in [3.8, 4) is 0 Å². The molecule has 6 rings (SSSR count). The minimum atomic E-state index is -0.381. The summed E-state index contributed by atoms with van der Waals surface area (Å²) in [7, 11) is 0. The lowest BCUT2D eigenvalue weighted by Gasteiger charge is -2.18. The summed E-state index contributed by atoms with van der Waals surface area (Å²) in [5.74, 6) is -1.34. The molecule has 1 N–H and O–H groups in total. The second-order valence-corrected chi connectivity index (χ2v) is 9.64. The molecule has 30 heavy (non-hydrogen) atoms. The van der Waals surface area contributed by atoms with Crippen LogP contribution in [0.1, 0.15) is 45.6 Å². The SMILES string of the molecule is O=C(NCc1ccccc1)c1c(N2C(=O)[C@H]3[C@H](C2=O)[C@H]2CC[C@H]3O2)sc2c1CCC2. The summed E-state index contributed by atoms with van der Waals surface area (Å²) in [6, 6.07) is 9.73. The van der Waals surface area contributed by atoms with Gasteiger partial charge in [0, 0.05) is 11.4 Å². The Kier molecular flexibility index (Phi) is 4.11. The fraction of sp³-hybridized carbons (Fsp3) is 0.435. The maximum Gasteiger partial charge on any atom is 0.254 e. The molecule has 6 nitrogen and oxygen atoms in total. The van der Waals surface area contributed by atoms with Gasteiger partial charge in [0.25, 0.3) is 5.91 Å². The fourth-order valence-electron chi connectivity index (χ4n) is 5.56. The van der Waals surface area contributed by atoms with Gasteiger partial charge in [0.2, 0.25) is 11.8 Å². The second kappa shape index (κ2) is 6.75. The van der Waals surface area contributed by atoms with Crippen LogP contribution in [0.5, 0.6) is 0 Å². The van der Waals surface area contributed by atoms with Crippen molar-refractivity contribution in [2.45, 2.75) is 50.9 Å². The molecule has 0 saturated carbocycles. The zero-order valence-corrected chi connectivity index (χ0v) is 17.2. The number of imide groups is 1. The summed E-state index contributed by atoms with van der Waals surface area (Å²) >= 11 is 1.45. The number of hydrogen-bond donors (Lipinski definition) is 1. The zero-order valence-electron chi connectivity index (χ0n) is 16.4. The lowest BCUT2D eigenvalue weighted by molar-refractivity contribution is -0.124. The monoisotopic (exact) mass is 422 g/mol. The molecule has 3 saturated heterocycles. The minimum Gasteiger partial charge on any atom is -0.373 e.